The Bertz CT molecular complexity index is 871. The molecule has 0 bridgehead atoms. The van der Waals surface area contributed by atoms with Crippen LogP contribution in [0.3, 0.4) is 0 Å². The number of nitrogens with zero attached hydrogens (tertiary/aromatic N) is 1. The summed E-state index contributed by atoms with van der Waals surface area (Å²) >= 11 is 10.9. The van der Waals surface area contributed by atoms with Gasteiger partial charge in [-0.2, -0.15) is 20.5 Å². The average Bonchev–Trinajstić information content (AvgIpc) is 2.65. The fraction of sp³-hybridized carbons (Fsp3) is 0.389. The molecule has 1 aromatic carbocycles. The summed E-state index contributed by atoms with van der Waals surface area (Å²) in [4.78, 5) is 13.5. The van der Waals surface area contributed by atoms with Crippen LogP contribution in [0.1, 0.15) is 36.1 Å². The van der Waals surface area contributed by atoms with Crippen molar-refractivity contribution in [2.24, 2.45) is 0 Å². The molecule has 0 saturated heterocycles. The van der Waals surface area contributed by atoms with E-state index in [0.29, 0.717) is 28.2 Å². The Kier molecular flexibility index (Phi) is 8.77. The molecule has 28 heavy (non-hydrogen) atoms. The largest absolute Gasteiger partial charge is 0.442 e. The van der Waals surface area contributed by atoms with Crippen LogP contribution in [0, 0.1) is 0 Å². The highest BCUT2D eigenvalue weighted by Gasteiger charge is 2.35. The molecule has 10 heteroatoms. The molecule has 0 saturated carbocycles. The van der Waals surface area contributed by atoms with E-state index in [0.717, 1.165) is 28.0 Å². The average molecular weight is 515 g/mol. The van der Waals surface area contributed by atoms with E-state index in [-0.39, 0.29) is 5.75 Å². The van der Waals surface area contributed by atoms with Crippen molar-refractivity contribution in [3.05, 3.63) is 56.3 Å². The van der Waals surface area contributed by atoms with Gasteiger partial charge in [0.05, 0.1) is 4.47 Å². The third-order valence-corrected chi connectivity index (χ3v) is 7.13. The lowest BCUT2D eigenvalue weighted by molar-refractivity contribution is 0.188. The smallest absolute Gasteiger partial charge is 0.420 e. The van der Waals surface area contributed by atoms with Gasteiger partial charge in [-0.25, -0.2) is 9.55 Å². The molecule has 1 unspecified atom stereocenters. The molecule has 0 fully saturated rings. The van der Waals surface area contributed by atoms with E-state index in [2.05, 4.69) is 20.9 Å². The molecule has 0 aliphatic rings. The lowest BCUT2D eigenvalue weighted by atomic mass is 9.98. The third kappa shape index (κ3) is 5.92. The number of aromatic nitrogens is 1. The minimum absolute atomic E-state index is 0.0320. The zero-order valence-corrected chi connectivity index (χ0v) is 19.3. The molecule has 2 rings (SSSR count). The van der Waals surface area contributed by atoms with Crippen LogP contribution in [0.2, 0.25) is 5.15 Å². The van der Waals surface area contributed by atoms with E-state index < -0.39 is 13.8 Å². The van der Waals surface area contributed by atoms with Crippen molar-refractivity contribution in [3.8, 4) is 5.75 Å². The van der Waals surface area contributed by atoms with Crippen molar-refractivity contribution < 1.29 is 22.8 Å². The third-order valence-electron chi connectivity index (χ3n) is 4.05. The highest BCUT2D eigenvalue weighted by molar-refractivity contribution is 9.10. The van der Waals surface area contributed by atoms with Gasteiger partial charge < -0.3 is 9.42 Å². The first-order valence-corrected chi connectivity index (χ1v) is 12.5. The van der Waals surface area contributed by atoms with Crippen molar-refractivity contribution in [2.75, 3.05) is 0 Å². The fourth-order valence-electron chi connectivity index (χ4n) is 2.66. The Balaban J connectivity index is 2.27. The second-order valence-electron chi connectivity index (χ2n) is 5.93. The monoisotopic (exact) mass is 513 g/mol. The van der Waals surface area contributed by atoms with Crippen LogP contribution in [0.15, 0.2) is 28.9 Å². The van der Waals surface area contributed by atoms with Gasteiger partial charge in [0.1, 0.15) is 10.9 Å². The molecule has 1 atom stereocenters. The van der Waals surface area contributed by atoms with E-state index >= 15 is 0 Å². The Labute approximate surface area is 180 Å². The first-order valence-electron chi connectivity index (χ1n) is 8.51. The van der Waals surface area contributed by atoms with Crippen molar-refractivity contribution in [1.29, 1.82) is 0 Å². The summed E-state index contributed by atoms with van der Waals surface area (Å²) in [6.45, 7) is 3.88. The second-order valence-corrected chi connectivity index (χ2v) is 9.79. The zero-order chi connectivity index (χ0) is 20.9. The Morgan fingerprint density at radius 1 is 1.29 bits per heavy atom. The molecule has 1 aromatic heterocycles. The van der Waals surface area contributed by atoms with Crippen molar-refractivity contribution in [2.45, 2.75) is 44.4 Å². The van der Waals surface area contributed by atoms with Gasteiger partial charge in [-0.05, 0) is 63.2 Å². The number of thioether (sulfide) groups is 1. The maximum atomic E-state index is 12.8. The van der Waals surface area contributed by atoms with Crippen molar-refractivity contribution in [3.63, 3.8) is 0 Å². The van der Waals surface area contributed by atoms with Gasteiger partial charge in [-0.3, -0.25) is 0 Å². The maximum Gasteiger partial charge on any atom is 0.442 e. The second kappa shape index (κ2) is 10.4. The molecule has 1 N–H and O–H groups in total. The van der Waals surface area contributed by atoms with Crippen molar-refractivity contribution in [1.82, 2.24) is 4.98 Å². The molecule has 0 radical (unpaired) electrons. The van der Waals surface area contributed by atoms with Crippen LogP contribution < -0.4 is 4.52 Å². The predicted molar refractivity (Wildman–Crippen MR) is 114 cm³/mol. The standard InChI is InChI=1S/C18H20BrClF2NO3PS/c1-3-12-7-15(26-27(24,25)18(21)22)17(19)13(4-2)14(12)10-28-9-11-5-6-16(20)23-8-11/h5-8,18H,3-4,9-10H2,1-2H3,(H,24,25). The predicted octanol–water partition coefficient (Wildman–Crippen LogP) is 6.84. The van der Waals surface area contributed by atoms with E-state index in [1.165, 1.54) is 0 Å². The fourth-order valence-corrected chi connectivity index (χ4v) is 5.19. The van der Waals surface area contributed by atoms with Gasteiger partial charge in [0.2, 0.25) is 0 Å². The topological polar surface area (TPSA) is 59.4 Å². The van der Waals surface area contributed by atoms with E-state index in [1.807, 2.05) is 19.9 Å². The highest BCUT2D eigenvalue weighted by Crippen LogP contribution is 2.51. The summed E-state index contributed by atoms with van der Waals surface area (Å²) in [5, 5.41) is 0.444. The molecule has 0 aliphatic heterocycles. The molecule has 2 aromatic rings. The van der Waals surface area contributed by atoms with Gasteiger partial charge in [0, 0.05) is 17.7 Å². The molecular formula is C18H20BrClF2NO3PS. The molecular weight excluding hydrogens is 495 g/mol. The molecule has 0 amide bonds. The Morgan fingerprint density at radius 2 is 2.00 bits per heavy atom. The van der Waals surface area contributed by atoms with E-state index in [9.17, 15) is 18.2 Å². The zero-order valence-electron chi connectivity index (χ0n) is 15.3. The highest BCUT2D eigenvalue weighted by atomic mass is 79.9. The lowest BCUT2D eigenvalue weighted by Gasteiger charge is -2.20. The number of aryl methyl sites for hydroxylation is 1. The first kappa shape index (κ1) is 23.6. The maximum absolute atomic E-state index is 12.8. The first-order chi connectivity index (χ1) is 13.2. The minimum Gasteiger partial charge on any atom is -0.420 e. The number of alkyl halides is 2. The van der Waals surface area contributed by atoms with E-state index in [1.54, 1.807) is 30.1 Å². The number of hydrogen-bond donors (Lipinski definition) is 1. The number of pyridine rings is 1. The SMILES string of the molecule is CCc1cc(OP(=O)(O)C(F)F)c(Br)c(CC)c1CSCc1ccc(Cl)nc1. The quantitative estimate of drug-likeness (QED) is 0.293. The summed E-state index contributed by atoms with van der Waals surface area (Å²) in [6, 6.07) is 5.22. The molecule has 0 spiro atoms. The molecule has 0 aliphatic carbocycles. The van der Waals surface area contributed by atoms with Crippen LogP contribution in [-0.2, 0) is 28.9 Å². The number of halogens is 4. The molecule has 4 nitrogen and oxygen atoms in total. The summed E-state index contributed by atoms with van der Waals surface area (Å²) < 4.78 is 42.4. The van der Waals surface area contributed by atoms with Crippen LogP contribution >= 0.6 is 46.9 Å². The number of hydrogen-bond acceptors (Lipinski definition) is 4. The van der Waals surface area contributed by atoms with Crippen LogP contribution in [0.5, 0.6) is 5.75 Å². The lowest BCUT2D eigenvalue weighted by Crippen LogP contribution is -2.05. The molecule has 1 heterocycles. The summed E-state index contributed by atoms with van der Waals surface area (Å²) in [6.07, 6.45) is -0.474. The molecule has 154 valence electrons. The van der Waals surface area contributed by atoms with Crippen LogP contribution in [0.25, 0.3) is 0 Å². The number of rotatable bonds is 9. The van der Waals surface area contributed by atoms with Gasteiger partial charge in [0.15, 0.2) is 0 Å². The summed E-state index contributed by atoms with van der Waals surface area (Å²) in [7, 11) is -5.04. The van der Waals surface area contributed by atoms with Gasteiger partial charge >= 0.3 is 13.8 Å². The van der Waals surface area contributed by atoms with Gasteiger partial charge in [0.25, 0.3) is 0 Å². The van der Waals surface area contributed by atoms with Crippen LogP contribution in [-0.4, -0.2) is 16.0 Å². The number of benzene rings is 1. The van der Waals surface area contributed by atoms with Gasteiger partial charge in [-0.15, -0.1) is 0 Å². The van der Waals surface area contributed by atoms with Crippen molar-refractivity contribution >= 4 is 46.9 Å². The minimum atomic E-state index is -5.04. The van der Waals surface area contributed by atoms with E-state index in [4.69, 9.17) is 16.1 Å². The Hall–Kier alpha value is -0.660. The summed E-state index contributed by atoms with van der Waals surface area (Å²) in [5.74, 6) is 1.40. The van der Waals surface area contributed by atoms with Crippen LogP contribution in [0.4, 0.5) is 8.78 Å². The summed E-state index contributed by atoms with van der Waals surface area (Å²) in [5.41, 5.74) is 3.89. The van der Waals surface area contributed by atoms with Gasteiger partial charge in [-0.1, -0.05) is 31.5 Å². The Morgan fingerprint density at radius 3 is 2.54 bits per heavy atom. The normalized spacial score (nSPS) is 13.6.